The zero-order chi connectivity index (χ0) is 16.2. The molecule has 0 aliphatic carbocycles. The van der Waals surface area contributed by atoms with Crippen LogP contribution in [0, 0.1) is 0 Å². The number of amides is 1. The summed E-state index contributed by atoms with van der Waals surface area (Å²) in [7, 11) is -3.89. The number of aliphatic carboxylic acids is 1. The zero-order valence-electron chi connectivity index (χ0n) is 12.0. The van der Waals surface area contributed by atoms with Gasteiger partial charge in [-0.05, 0) is 18.4 Å². The standard InChI is InChI=1S/C14H19N2O5P/c17-13(9-11-5-2-1-3-6-11)15-10-22(20,21)16-8-4-7-12(16)14(18)19/h1-3,5-6,12H,4,7-10H2,(H,15,17)(H,18,19)(H,20,21). The molecule has 2 atom stereocenters. The van der Waals surface area contributed by atoms with E-state index in [0.29, 0.717) is 12.8 Å². The van der Waals surface area contributed by atoms with E-state index in [1.165, 1.54) is 0 Å². The Labute approximate surface area is 128 Å². The van der Waals surface area contributed by atoms with E-state index in [1.807, 2.05) is 6.07 Å². The fraction of sp³-hybridized carbons (Fsp3) is 0.429. The molecule has 1 aromatic rings. The van der Waals surface area contributed by atoms with Crippen LogP contribution in [0.25, 0.3) is 0 Å². The lowest BCUT2D eigenvalue weighted by atomic mass is 10.1. The van der Waals surface area contributed by atoms with Crippen LogP contribution in [-0.4, -0.2) is 45.4 Å². The maximum absolute atomic E-state index is 12.3. The predicted molar refractivity (Wildman–Crippen MR) is 80.3 cm³/mol. The minimum atomic E-state index is -3.89. The summed E-state index contributed by atoms with van der Waals surface area (Å²) in [5, 5.41) is 11.5. The molecule has 0 radical (unpaired) electrons. The molecule has 1 fully saturated rings. The molecule has 0 bridgehead atoms. The summed E-state index contributed by atoms with van der Waals surface area (Å²) in [5.74, 6) is -1.48. The molecule has 0 aromatic heterocycles. The van der Waals surface area contributed by atoms with Crippen LogP contribution < -0.4 is 5.32 Å². The van der Waals surface area contributed by atoms with E-state index in [-0.39, 0.29) is 18.9 Å². The molecule has 1 saturated heterocycles. The first-order chi connectivity index (χ1) is 10.4. The summed E-state index contributed by atoms with van der Waals surface area (Å²) in [6, 6.07) is 8.07. The number of hydrogen-bond acceptors (Lipinski definition) is 3. The molecule has 1 amide bonds. The third-order valence-corrected chi connectivity index (χ3v) is 5.45. The number of carboxylic acid groups (broad SMARTS) is 1. The van der Waals surface area contributed by atoms with E-state index >= 15 is 0 Å². The monoisotopic (exact) mass is 326 g/mol. The first-order valence-corrected chi connectivity index (χ1v) is 8.82. The minimum absolute atomic E-state index is 0.114. The van der Waals surface area contributed by atoms with Crippen LogP contribution in [0.3, 0.4) is 0 Å². The van der Waals surface area contributed by atoms with Crippen molar-refractivity contribution in [3.63, 3.8) is 0 Å². The fourth-order valence-electron chi connectivity index (χ4n) is 2.50. The van der Waals surface area contributed by atoms with Gasteiger partial charge in [-0.2, -0.15) is 0 Å². The molecule has 2 rings (SSSR count). The summed E-state index contributed by atoms with van der Waals surface area (Å²) in [4.78, 5) is 32.9. The summed E-state index contributed by atoms with van der Waals surface area (Å²) >= 11 is 0. The van der Waals surface area contributed by atoms with Crippen molar-refractivity contribution < 1.29 is 24.2 Å². The molecule has 1 aromatic carbocycles. The Bertz CT molecular complexity index is 592. The second kappa shape index (κ2) is 7.05. The number of hydrogen-bond donors (Lipinski definition) is 3. The highest BCUT2D eigenvalue weighted by Crippen LogP contribution is 2.48. The molecular weight excluding hydrogens is 307 g/mol. The summed E-state index contributed by atoms with van der Waals surface area (Å²) in [6.45, 7) is 0.249. The van der Waals surface area contributed by atoms with Crippen molar-refractivity contribution >= 4 is 19.4 Å². The van der Waals surface area contributed by atoms with E-state index in [4.69, 9.17) is 5.11 Å². The van der Waals surface area contributed by atoms with E-state index in [1.54, 1.807) is 24.3 Å². The first kappa shape index (κ1) is 16.7. The van der Waals surface area contributed by atoms with Crippen LogP contribution in [-0.2, 0) is 20.6 Å². The average molecular weight is 326 g/mol. The van der Waals surface area contributed by atoms with Crippen LogP contribution in [0.5, 0.6) is 0 Å². The normalized spacial score (nSPS) is 21.2. The molecule has 7 nitrogen and oxygen atoms in total. The predicted octanol–water partition coefficient (Wildman–Crippen LogP) is 1.04. The van der Waals surface area contributed by atoms with E-state index in [0.717, 1.165) is 10.2 Å². The quantitative estimate of drug-likeness (QED) is 0.674. The molecule has 0 saturated carbocycles. The van der Waals surface area contributed by atoms with Crippen molar-refractivity contribution in [1.82, 2.24) is 9.99 Å². The Hall–Kier alpha value is -1.69. The summed E-state index contributed by atoms with van der Waals surface area (Å²) in [5.41, 5.74) is 0.803. The molecule has 1 heterocycles. The highest BCUT2D eigenvalue weighted by molar-refractivity contribution is 7.55. The lowest BCUT2D eigenvalue weighted by Crippen LogP contribution is -2.37. The van der Waals surface area contributed by atoms with Gasteiger partial charge in [-0.15, -0.1) is 0 Å². The van der Waals surface area contributed by atoms with Gasteiger partial charge in [0.25, 0.3) is 7.52 Å². The minimum Gasteiger partial charge on any atom is -0.480 e. The largest absolute Gasteiger partial charge is 0.480 e. The van der Waals surface area contributed by atoms with Gasteiger partial charge < -0.3 is 15.3 Å². The van der Waals surface area contributed by atoms with Gasteiger partial charge in [-0.3, -0.25) is 14.2 Å². The lowest BCUT2D eigenvalue weighted by molar-refractivity contribution is -0.140. The van der Waals surface area contributed by atoms with Crippen molar-refractivity contribution in [2.24, 2.45) is 0 Å². The second-order valence-electron chi connectivity index (χ2n) is 5.24. The van der Waals surface area contributed by atoms with Crippen molar-refractivity contribution in [3.05, 3.63) is 35.9 Å². The fourth-order valence-corrected chi connectivity index (χ4v) is 4.17. The molecule has 22 heavy (non-hydrogen) atoms. The number of carbonyl (C=O) groups is 2. The van der Waals surface area contributed by atoms with Crippen LogP contribution in [0.2, 0.25) is 0 Å². The van der Waals surface area contributed by atoms with Crippen molar-refractivity contribution in [3.8, 4) is 0 Å². The van der Waals surface area contributed by atoms with Gasteiger partial charge >= 0.3 is 5.97 Å². The highest BCUT2D eigenvalue weighted by Gasteiger charge is 2.41. The van der Waals surface area contributed by atoms with E-state index in [2.05, 4.69) is 5.32 Å². The summed E-state index contributed by atoms with van der Waals surface area (Å²) < 4.78 is 13.4. The molecule has 120 valence electrons. The third kappa shape index (κ3) is 4.16. The van der Waals surface area contributed by atoms with E-state index in [9.17, 15) is 19.0 Å². The smallest absolute Gasteiger partial charge is 0.321 e. The van der Waals surface area contributed by atoms with Crippen molar-refractivity contribution in [2.75, 3.05) is 12.8 Å². The van der Waals surface area contributed by atoms with Crippen molar-refractivity contribution in [1.29, 1.82) is 0 Å². The Kier molecular flexibility index (Phi) is 5.34. The maximum Gasteiger partial charge on any atom is 0.321 e. The Morgan fingerprint density at radius 2 is 2.00 bits per heavy atom. The molecule has 1 aliphatic heterocycles. The number of benzene rings is 1. The average Bonchev–Trinajstić information content (AvgIpc) is 2.97. The Morgan fingerprint density at radius 3 is 2.64 bits per heavy atom. The molecule has 1 aliphatic rings. The van der Waals surface area contributed by atoms with Crippen LogP contribution in [0.4, 0.5) is 0 Å². The third-order valence-electron chi connectivity index (χ3n) is 3.60. The van der Waals surface area contributed by atoms with Gasteiger partial charge in [0, 0.05) is 6.54 Å². The van der Waals surface area contributed by atoms with Gasteiger partial charge in [-0.25, -0.2) is 4.67 Å². The second-order valence-corrected chi connectivity index (χ2v) is 7.40. The zero-order valence-corrected chi connectivity index (χ0v) is 12.9. The number of carboxylic acids is 1. The lowest BCUT2D eigenvalue weighted by Gasteiger charge is -2.26. The van der Waals surface area contributed by atoms with Crippen molar-refractivity contribution in [2.45, 2.75) is 25.3 Å². The van der Waals surface area contributed by atoms with Crippen LogP contribution in [0.15, 0.2) is 30.3 Å². The number of nitrogens with zero attached hydrogens (tertiary/aromatic N) is 1. The van der Waals surface area contributed by atoms with Gasteiger partial charge in [0.15, 0.2) is 0 Å². The topological polar surface area (TPSA) is 107 Å². The van der Waals surface area contributed by atoms with Crippen LogP contribution >= 0.6 is 7.52 Å². The molecular formula is C14H19N2O5P. The highest BCUT2D eigenvalue weighted by atomic mass is 31.2. The molecule has 3 N–H and O–H groups in total. The van der Waals surface area contributed by atoms with E-state index < -0.39 is 25.8 Å². The van der Waals surface area contributed by atoms with Gasteiger partial charge in [0.2, 0.25) is 5.91 Å². The molecule has 2 unspecified atom stereocenters. The number of rotatable bonds is 6. The SMILES string of the molecule is O=C(Cc1ccccc1)NCP(=O)(O)N1CCCC1C(=O)O. The molecule has 0 spiro atoms. The Morgan fingerprint density at radius 1 is 1.32 bits per heavy atom. The van der Waals surface area contributed by atoms with Gasteiger partial charge in [0.1, 0.15) is 12.3 Å². The van der Waals surface area contributed by atoms with Gasteiger partial charge in [0.05, 0.1) is 6.42 Å². The number of nitrogens with one attached hydrogen (secondary N) is 1. The first-order valence-electron chi connectivity index (χ1n) is 7.02. The van der Waals surface area contributed by atoms with Gasteiger partial charge in [-0.1, -0.05) is 30.3 Å². The van der Waals surface area contributed by atoms with Crippen LogP contribution in [0.1, 0.15) is 18.4 Å². The number of carbonyl (C=O) groups excluding carboxylic acids is 1. The maximum atomic E-state index is 12.3. The molecule has 8 heteroatoms. The Balaban J connectivity index is 1.90. The summed E-state index contributed by atoms with van der Waals surface area (Å²) in [6.07, 6.45) is 0.572.